The zero-order valence-corrected chi connectivity index (χ0v) is 26.5. The number of anilines is 2. The third-order valence-corrected chi connectivity index (χ3v) is 8.67. The van der Waals surface area contributed by atoms with E-state index in [2.05, 4.69) is 82.2 Å². The van der Waals surface area contributed by atoms with Gasteiger partial charge in [0.05, 0.1) is 24.3 Å². The fourth-order valence-corrected chi connectivity index (χ4v) is 6.06. The number of aryl methyl sites for hydroxylation is 6. The van der Waals surface area contributed by atoms with Crippen LogP contribution in [0.4, 0.5) is 33.0 Å². The number of thiazole rings is 2. The summed E-state index contributed by atoms with van der Waals surface area (Å²) in [6, 6.07) is 8.84. The summed E-state index contributed by atoms with van der Waals surface area (Å²) in [7, 11) is 3.97. The summed E-state index contributed by atoms with van der Waals surface area (Å²) < 4.78 is 3.96. The number of piperazine rings is 1. The normalized spacial score (nSPS) is 13.7. The number of nitrogens with zero attached hydrogens (tertiary/aromatic N) is 8. The van der Waals surface area contributed by atoms with Crippen molar-refractivity contribution < 1.29 is 9.13 Å². The van der Waals surface area contributed by atoms with E-state index < -0.39 is 0 Å². The van der Waals surface area contributed by atoms with Gasteiger partial charge >= 0.3 is 10.3 Å². The molecule has 0 N–H and O–H groups in total. The van der Waals surface area contributed by atoms with Gasteiger partial charge in [-0.1, -0.05) is 0 Å². The van der Waals surface area contributed by atoms with Crippen LogP contribution in [-0.2, 0) is 14.1 Å². The van der Waals surface area contributed by atoms with Crippen molar-refractivity contribution >= 4 is 55.7 Å². The monoisotopic (exact) mass is 576 g/mol. The zero-order valence-electron chi connectivity index (χ0n) is 24.8. The van der Waals surface area contributed by atoms with E-state index in [0.717, 1.165) is 58.9 Å². The Hall–Kier alpha value is -3.50. The van der Waals surface area contributed by atoms with Gasteiger partial charge in [0.25, 0.3) is 0 Å². The van der Waals surface area contributed by atoms with Crippen LogP contribution in [0.1, 0.15) is 22.3 Å². The number of rotatable bonds is 6. The van der Waals surface area contributed by atoms with Gasteiger partial charge in [-0.05, 0) is 107 Å². The molecule has 0 saturated carbocycles. The van der Waals surface area contributed by atoms with E-state index in [1.165, 1.54) is 22.5 Å². The summed E-state index contributed by atoms with van der Waals surface area (Å²) >= 11 is 3.17. The largest absolute Gasteiger partial charge is 0.408 e. The molecule has 0 radical (unpaired) electrons. The van der Waals surface area contributed by atoms with Crippen molar-refractivity contribution in [3.8, 4) is 0 Å². The van der Waals surface area contributed by atoms with Gasteiger partial charge in [-0.15, -0.1) is 0 Å². The Morgan fingerprint density at radius 3 is 1.27 bits per heavy atom. The minimum atomic E-state index is 0. The average Bonchev–Trinajstić information content (AvgIpc) is 3.51. The summed E-state index contributed by atoms with van der Waals surface area (Å²) in [6.07, 6.45) is 3.99. The summed E-state index contributed by atoms with van der Waals surface area (Å²) in [6.45, 7) is 12.5. The summed E-state index contributed by atoms with van der Waals surface area (Å²) in [5.41, 5.74) is 9.17. The first-order valence-corrected chi connectivity index (χ1v) is 14.5. The van der Waals surface area contributed by atoms with Gasteiger partial charge < -0.3 is 24.7 Å². The molecule has 1 aliphatic heterocycles. The molecule has 0 atom stereocenters. The molecule has 3 heterocycles. The van der Waals surface area contributed by atoms with Crippen LogP contribution in [0.5, 0.6) is 0 Å². The van der Waals surface area contributed by atoms with Gasteiger partial charge in [-0.3, -0.25) is 0 Å². The first-order chi connectivity index (χ1) is 18.3. The molecule has 10 heteroatoms. The topological polar surface area (TPSA) is 63.7 Å². The average molecular weight is 577 g/mol. The van der Waals surface area contributed by atoms with Crippen LogP contribution < -0.4 is 18.9 Å². The van der Waals surface area contributed by atoms with Crippen molar-refractivity contribution in [3.63, 3.8) is 0 Å². The molecule has 1 aliphatic rings. The molecule has 8 nitrogen and oxygen atoms in total. The molecule has 0 amide bonds. The highest BCUT2D eigenvalue weighted by Crippen LogP contribution is 2.34. The Morgan fingerprint density at radius 2 is 0.950 bits per heavy atom. The van der Waals surface area contributed by atoms with Crippen molar-refractivity contribution in [2.45, 2.75) is 27.7 Å². The van der Waals surface area contributed by atoms with E-state index >= 15 is 0 Å². The highest BCUT2D eigenvalue weighted by atomic mass is 32.1. The van der Waals surface area contributed by atoms with Crippen LogP contribution in [0.25, 0.3) is 0 Å². The van der Waals surface area contributed by atoms with E-state index in [9.17, 15) is 0 Å². The fourth-order valence-electron chi connectivity index (χ4n) is 4.70. The van der Waals surface area contributed by atoms with Crippen LogP contribution in [0.15, 0.2) is 67.9 Å². The third kappa shape index (κ3) is 6.62. The minimum absolute atomic E-state index is 0. The lowest BCUT2D eigenvalue weighted by atomic mass is 10.1. The van der Waals surface area contributed by atoms with Gasteiger partial charge in [0.2, 0.25) is 0 Å². The first-order valence-electron chi connectivity index (χ1n) is 12.7. The van der Waals surface area contributed by atoms with Crippen molar-refractivity contribution in [1.29, 1.82) is 0 Å². The number of azo groups is 2. The maximum absolute atomic E-state index is 4.54. The smallest absolute Gasteiger partial charge is 0.368 e. The van der Waals surface area contributed by atoms with Crippen LogP contribution in [-0.4, -0.2) is 26.2 Å². The molecule has 212 valence electrons. The number of benzene rings is 2. The SMILES string of the molecule is Cc1cc(N2CCN(c3cc(C)c(N=Nc4scc[n+]4C)cc3C)CC2)c(C)cc1N=Nc1scc[n+]1C.[CH3-].[CH3-]. The Labute approximate surface area is 247 Å². The van der Waals surface area contributed by atoms with E-state index in [4.69, 9.17) is 0 Å². The molecule has 0 aliphatic carbocycles. The molecular weight excluding hydrogens is 537 g/mol. The van der Waals surface area contributed by atoms with E-state index in [0.29, 0.717) is 0 Å². The molecule has 2 aromatic heterocycles. The molecule has 0 bridgehead atoms. The molecule has 0 unspecified atom stereocenters. The number of hydrogen-bond acceptors (Lipinski definition) is 8. The van der Waals surface area contributed by atoms with E-state index in [1.54, 1.807) is 22.7 Å². The van der Waals surface area contributed by atoms with Crippen LogP contribution in [0, 0.1) is 42.5 Å². The molecule has 5 rings (SSSR count). The standard InChI is InChI=1S/C28H34N8S2.2CH3/c1-19-17-25(21(3)15-23(19)29-31-27-33(5)11-13-37-27)35-7-9-36(10-8-35)26-18-20(2)24(16-22(26)4)30-32-28-34(6)12-14-38-28;;/h11-18H,7-10H2,1-6H3;2*1H3/q+2;2*-1. The molecule has 1 fully saturated rings. The quantitative estimate of drug-likeness (QED) is 0.134. The van der Waals surface area contributed by atoms with Crippen molar-refractivity contribution in [1.82, 2.24) is 0 Å². The van der Waals surface area contributed by atoms with Gasteiger partial charge in [-0.2, -0.15) is 0 Å². The molecule has 1 saturated heterocycles. The second kappa shape index (κ2) is 13.2. The summed E-state index contributed by atoms with van der Waals surface area (Å²) in [5, 5.41) is 23.8. The molecule has 4 aromatic rings. The minimum Gasteiger partial charge on any atom is -0.368 e. The second-order valence-corrected chi connectivity index (χ2v) is 11.6. The molecule has 40 heavy (non-hydrogen) atoms. The van der Waals surface area contributed by atoms with E-state index in [1.807, 2.05) is 46.4 Å². The summed E-state index contributed by atoms with van der Waals surface area (Å²) in [5.74, 6) is 0. The molecular formula is C30H40N8S2. The Balaban J connectivity index is 0.00000220. The van der Waals surface area contributed by atoms with Crippen LogP contribution in [0.2, 0.25) is 0 Å². The molecule has 0 spiro atoms. The van der Waals surface area contributed by atoms with Crippen molar-refractivity contribution in [3.05, 3.63) is 84.5 Å². The van der Waals surface area contributed by atoms with Gasteiger partial charge in [-0.25, -0.2) is 9.13 Å². The van der Waals surface area contributed by atoms with Crippen molar-refractivity contribution in [2.75, 3.05) is 36.0 Å². The Morgan fingerprint density at radius 1 is 0.575 bits per heavy atom. The zero-order chi connectivity index (χ0) is 26.8. The second-order valence-electron chi connectivity index (χ2n) is 9.82. The van der Waals surface area contributed by atoms with Crippen LogP contribution in [0.3, 0.4) is 0 Å². The summed E-state index contributed by atoms with van der Waals surface area (Å²) in [4.78, 5) is 4.98. The maximum atomic E-state index is 4.54. The highest BCUT2D eigenvalue weighted by Gasteiger charge is 2.22. The van der Waals surface area contributed by atoms with Crippen LogP contribution >= 0.6 is 22.7 Å². The third-order valence-electron chi connectivity index (χ3n) is 7.00. The van der Waals surface area contributed by atoms with Gasteiger partial charge in [0.15, 0.2) is 0 Å². The maximum Gasteiger partial charge on any atom is 0.408 e. The lowest BCUT2D eigenvalue weighted by Gasteiger charge is -2.39. The van der Waals surface area contributed by atoms with Gasteiger partial charge in [0, 0.05) is 48.3 Å². The lowest BCUT2D eigenvalue weighted by molar-refractivity contribution is -0.654. The molecule has 2 aromatic carbocycles. The lowest BCUT2D eigenvalue weighted by Crippen LogP contribution is -2.47. The predicted molar refractivity (Wildman–Crippen MR) is 168 cm³/mol. The Kier molecular flexibility index (Phi) is 10.3. The van der Waals surface area contributed by atoms with Crippen molar-refractivity contribution in [2.24, 2.45) is 34.6 Å². The first kappa shape index (κ1) is 31.0. The van der Waals surface area contributed by atoms with E-state index in [-0.39, 0.29) is 14.9 Å². The Bertz CT molecular complexity index is 1400. The number of aromatic nitrogens is 2. The fraction of sp³-hybridized carbons (Fsp3) is 0.333. The van der Waals surface area contributed by atoms with Gasteiger partial charge in [0.1, 0.15) is 23.8 Å². The number of hydrogen-bond donors (Lipinski definition) is 0. The predicted octanol–water partition coefficient (Wildman–Crippen LogP) is 7.75. The highest BCUT2D eigenvalue weighted by molar-refractivity contribution is 7.13.